The normalized spacial score (nSPS) is 39.4. The Kier molecular flexibility index (Phi) is 4.46. The zero-order chi connectivity index (χ0) is 16.5. The van der Waals surface area contributed by atoms with Crippen LogP contribution in [0.5, 0.6) is 0 Å². The van der Waals surface area contributed by atoms with Gasteiger partial charge in [0.2, 0.25) is 11.6 Å². The van der Waals surface area contributed by atoms with Gasteiger partial charge in [-0.3, -0.25) is 4.79 Å². The number of ether oxygens (including phenoxy) is 5. The van der Waals surface area contributed by atoms with E-state index in [1.807, 2.05) is 0 Å². The zero-order valence-corrected chi connectivity index (χ0v) is 12.8. The lowest BCUT2D eigenvalue weighted by Crippen LogP contribution is -2.65. The molecule has 2 aliphatic rings. The summed E-state index contributed by atoms with van der Waals surface area (Å²) in [5.74, 6) is -4.03. The second kappa shape index (κ2) is 5.86. The topological polar surface area (TPSA) is 117 Å². The Bertz CT molecular complexity index is 525. The van der Waals surface area contributed by atoms with E-state index < -0.39 is 41.2 Å². The first-order valence-electron chi connectivity index (χ1n) is 6.68. The van der Waals surface area contributed by atoms with Crippen molar-refractivity contribution < 1.29 is 38.1 Å². The highest BCUT2D eigenvalue weighted by Crippen LogP contribution is 2.38. The molecule has 0 aromatic carbocycles. The van der Waals surface area contributed by atoms with Crippen LogP contribution in [-0.2, 0) is 33.3 Å². The van der Waals surface area contributed by atoms with Gasteiger partial charge in [-0.2, -0.15) is 4.79 Å². The van der Waals surface area contributed by atoms with Gasteiger partial charge in [0, 0.05) is 14.2 Å². The molecule has 2 saturated heterocycles. The maximum absolute atomic E-state index is 11.8. The molecule has 122 valence electrons. The van der Waals surface area contributed by atoms with Crippen LogP contribution >= 0.6 is 0 Å². The molecular formula is C13H18N2O7. The predicted octanol–water partition coefficient (Wildman–Crippen LogP) is -0.318. The Morgan fingerprint density at radius 1 is 1.18 bits per heavy atom. The number of methoxy groups -OCH3 is 2. The number of cyclic esters (lactones) is 1. The fourth-order valence-corrected chi connectivity index (χ4v) is 2.40. The van der Waals surface area contributed by atoms with Crippen molar-refractivity contribution in [1.29, 1.82) is 0 Å². The molecule has 0 saturated carbocycles. The standard InChI is InChI=1S/C13H18N2O7/c1-12(18-3)13(2,19-4)22-9(6-20-12)8-5-7(16)10(15-14)11(17)21-8/h8-9H,5-6H2,1-4H3/t8?,9-,12+,13+/m0/s1. The molecule has 0 bridgehead atoms. The number of carbonyl (C=O) groups is 2. The average Bonchev–Trinajstić information content (AvgIpc) is 2.49. The summed E-state index contributed by atoms with van der Waals surface area (Å²) in [5, 5.41) is 0. The quantitative estimate of drug-likeness (QED) is 0.398. The average molecular weight is 314 g/mol. The van der Waals surface area contributed by atoms with Crippen LogP contribution in [0.2, 0.25) is 0 Å². The third-order valence-electron chi connectivity index (χ3n) is 4.12. The summed E-state index contributed by atoms with van der Waals surface area (Å²) in [6.45, 7) is 3.32. The van der Waals surface area contributed by atoms with E-state index in [4.69, 9.17) is 29.2 Å². The van der Waals surface area contributed by atoms with Crippen LogP contribution in [0.15, 0.2) is 0 Å². The molecule has 2 rings (SSSR count). The summed E-state index contributed by atoms with van der Waals surface area (Å²) in [4.78, 5) is 26.0. The van der Waals surface area contributed by atoms with Crippen molar-refractivity contribution in [2.24, 2.45) is 0 Å². The molecule has 0 aromatic rings. The van der Waals surface area contributed by atoms with Gasteiger partial charge in [-0.1, -0.05) is 0 Å². The van der Waals surface area contributed by atoms with Gasteiger partial charge in [-0.05, 0) is 13.8 Å². The van der Waals surface area contributed by atoms with Gasteiger partial charge in [0.25, 0.3) is 5.78 Å². The minimum atomic E-state index is -1.26. The maximum Gasteiger partial charge on any atom is 0.441 e. The predicted molar refractivity (Wildman–Crippen MR) is 69.8 cm³/mol. The Labute approximate surface area is 127 Å². The van der Waals surface area contributed by atoms with E-state index in [2.05, 4.69) is 4.79 Å². The first-order chi connectivity index (χ1) is 10.3. The number of ketones is 1. The second-order valence-corrected chi connectivity index (χ2v) is 5.29. The third kappa shape index (κ3) is 2.57. The van der Waals surface area contributed by atoms with E-state index in [0.717, 1.165) is 0 Å². The van der Waals surface area contributed by atoms with Crippen LogP contribution in [0, 0.1) is 0 Å². The number of rotatable bonds is 3. The first-order valence-corrected chi connectivity index (χ1v) is 6.68. The van der Waals surface area contributed by atoms with E-state index >= 15 is 0 Å². The van der Waals surface area contributed by atoms with Crippen LogP contribution in [0.25, 0.3) is 5.53 Å². The van der Waals surface area contributed by atoms with Crippen molar-refractivity contribution >= 4 is 17.5 Å². The van der Waals surface area contributed by atoms with E-state index in [1.54, 1.807) is 13.8 Å². The van der Waals surface area contributed by atoms with E-state index in [9.17, 15) is 9.59 Å². The van der Waals surface area contributed by atoms with Crippen molar-refractivity contribution in [2.75, 3.05) is 20.8 Å². The van der Waals surface area contributed by atoms with Crippen molar-refractivity contribution in [3.63, 3.8) is 0 Å². The van der Waals surface area contributed by atoms with Gasteiger partial charge in [-0.15, -0.1) is 0 Å². The molecular weight excluding hydrogens is 296 g/mol. The van der Waals surface area contributed by atoms with Crippen LogP contribution in [0.3, 0.4) is 0 Å². The van der Waals surface area contributed by atoms with Gasteiger partial charge in [0.15, 0.2) is 0 Å². The number of hydrogen-bond donors (Lipinski definition) is 0. The van der Waals surface area contributed by atoms with Crippen LogP contribution in [-0.4, -0.2) is 66.9 Å². The molecule has 9 heteroatoms. The zero-order valence-electron chi connectivity index (χ0n) is 12.8. The summed E-state index contributed by atoms with van der Waals surface area (Å²) in [6.07, 6.45) is -1.74. The Balaban J connectivity index is 2.17. The van der Waals surface area contributed by atoms with Crippen molar-refractivity contribution in [2.45, 2.75) is 44.1 Å². The molecule has 0 spiro atoms. The minimum Gasteiger partial charge on any atom is -0.450 e. The van der Waals surface area contributed by atoms with Crippen LogP contribution in [0.4, 0.5) is 0 Å². The molecule has 0 radical (unpaired) electrons. The number of esters is 1. The van der Waals surface area contributed by atoms with Gasteiger partial charge in [0.1, 0.15) is 12.2 Å². The van der Waals surface area contributed by atoms with Crippen molar-refractivity contribution in [3.8, 4) is 0 Å². The lowest BCUT2D eigenvalue weighted by Gasteiger charge is -2.50. The lowest BCUT2D eigenvalue weighted by molar-refractivity contribution is -0.436. The van der Waals surface area contributed by atoms with E-state index in [-0.39, 0.29) is 13.0 Å². The molecule has 0 aliphatic carbocycles. The molecule has 0 amide bonds. The monoisotopic (exact) mass is 314 g/mol. The second-order valence-electron chi connectivity index (χ2n) is 5.29. The van der Waals surface area contributed by atoms with Crippen molar-refractivity contribution in [1.82, 2.24) is 0 Å². The highest BCUT2D eigenvalue weighted by Gasteiger charge is 2.56. The lowest BCUT2D eigenvalue weighted by atomic mass is 9.99. The van der Waals surface area contributed by atoms with Gasteiger partial charge < -0.3 is 29.2 Å². The van der Waals surface area contributed by atoms with Crippen LogP contribution in [0.1, 0.15) is 20.3 Å². The number of carbonyl (C=O) groups excluding carboxylic acids is 2. The molecule has 0 N–H and O–H groups in total. The third-order valence-corrected chi connectivity index (χ3v) is 4.12. The summed E-state index contributed by atoms with van der Waals surface area (Å²) in [5.41, 5.74) is 8.00. The Morgan fingerprint density at radius 3 is 2.32 bits per heavy atom. The molecule has 0 aromatic heterocycles. The minimum absolute atomic E-state index is 0.0418. The van der Waals surface area contributed by atoms with Crippen molar-refractivity contribution in [3.05, 3.63) is 5.53 Å². The Hall–Kier alpha value is -1.64. The molecule has 4 atom stereocenters. The number of hydrogen-bond acceptors (Lipinski definition) is 7. The molecule has 1 unspecified atom stereocenters. The summed E-state index contributed by atoms with van der Waals surface area (Å²) < 4.78 is 27.2. The SMILES string of the molecule is CO[C@]1(C)OC[C@@H](C2CC(=O)C(=[N+]=[N-])C(=O)O2)O[C@@]1(C)OC. The summed E-state index contributed by atoms with van der Waals surface area (Å²) in [7, 11) is 2.88. The highest BCUT2D eigenvalue weighted by molar-refractivity contribution is 6.63. The molecule has 2 heterocycles. The van der Waals surface area contributed by atoms with Gasteiger partial charge >= 0.3 is 11.7 Å². The van der Waals surface area contributed by atoms with E-state index in [0.29, 0.717) is 0 Å². The number of Topliss-reactive ketones (excluding diaryl/α,β-unsaturated/α-hetero) is 1. The molecule has 22 heavy (non-hydrogen) atoms. The molecule has 2 fully saturated rings. The fraction of sp³-hybridized carbons (Fsp3) is 0.769. The Morgan fingerprint density at radius 2 is 1.82 bits per heavy atom. The smallest absolute Gasteiger partial charge is 0.441 e. The van der Waals surface area contributed by atoms with Gasteiger partial charge in [0.05, 0.1) is 13.0 Å². The highest BCUT2D eigenvalue weighted by atomic mass is 16.8. The molecule has 2 aliphatic heterocycles. The molecule has 9 nitrogen and oxygen atoms in total. The maximum atomic E-state index is 11.8. The number of nitrogens with zero attached hydrogens (tertiary/aromatic N) is 2. The largest absolute Gasteiger partial charge is 0.450 e. The fourth-order valence-electron chi connectivity index (χ4n) is 2.40. The van der Waals surface area contributed by atoms with Gasteiger partial charge in [-0.25, -0.2) is 4.79 Å². The summed E-state index contributed by atoms with van der Waals surface area (Å²) in [6, 6.07) is 0. The van der Waals surface area contributed by atoms with E-state index in [1.165, 1.54) is 14.2 Å². The summed E-state index contributed by atoms with van der Waals surface area (Å²) >= 11 is 0. The first kappa shape index (κ1) is 16.7. The van der Waals surface area contributed by atoms with Crippen LogP contribution < -0.4 is 0 Å².